The van der Waals surface area contributed by atoms with Crippen molar-refractivity contribution in [3.8, 4) is 0 Å². The number of carboxylic acids is 1. The molecule has 2 rings (SSSR count). The molecule has 0 bridgehead atoms. The van der Waals surface area contributed by atoms with Gasteiger partial charge in [-0.25, -0.2) is 14.8 Å². The number of aromatic nitrogens is 5. The molecule has 0 aliphatic carbocycles. The highest BCUT2D eigenvalue weighted by Crippen LogP contribution is 2.25. The van der Waals surface area contributed by atoms with Crippen molar-refractivity contribution >= 4 is 17.7 Å². The van der Waals surface area contributed by atoms with Gasteiger partial charge in [-0.05, 0) is 20.8 Å². The molecule has 2 aromatic rings. The zero-order valence-corrected chi connectivity index (χ0v) is 12.5. The Morgan fingerprint density at radius 2 is 1.95 bits per heavy atom. The highest BCUT2D eigenvalue weighted by molar-refractivity contribution is 7.98. The summed E-state index contributed by atoms with van der Waals surface area (Å²) in [5.41, 5.74) is 0.626. The first-order chi connectivity index (χ1) is 9.40. The highest BCUT2D eigenvalue weighted by Gasteiger charge is 2.18. The number of aromatic carboxylic acids is 1. The van der Waals surface area contributed by atoms with Crippen molar-refractivity contribution in [1.29, 1.82) is 0 Å². The van der Waals surface area contributed by atoms with Crippen LogP contribution in [0.4, 0.5) is 0 Å². The molecule has 0 fully saturated rings. The summed E-state index contributed by atoms with van der Waals surface area (Å²) in [6, 6.07) is 0. The first-order valence-electron chi connectivity index (χ1n) is 5.96. The lowest BCUT2D eigenvalue weighted by Gasteiger charge is -2.08. The van der Waals surface area contributed by atoms with Gasteiger partial charge in [-0.1, -0.05) is 11.8 Å². The third kappa shape index (κ3) is 2.79. The number of aryl methyl sites for hydroxylation is 3. The normalized spacial score (nSPS) is 10.8. The summed E-state index contributed by atoms with van der Waals surface area (Å²) < 4.78 is 1.87. The van der Waals surface area contributed by atoms with E-state index in [0.29, 0.717) is 22.3 Å². The van der Waals surface area contributed by atoms with Gasteiger partial charge in [-0.3, -0.25) is 0 Å². The number of hydrogen-bond donors (Lipinski definition) is 1. The van der Waals surface area contributed by atoms with Crippen molar-refractivity contribution in [1.82, 2.24) is 24.7 Å². The molecule has 0 saturated heterocycles. The van der Waals surface area contributed by atoms with Crippen molar-refractivity contribution in [2.75, 3.05) is 0 Å². The number of nitrogens with zero attached hydrogens (tertiary/aromatic N) is 5. The lowest BCUT2D eigenvalue weighted by atomic mass is 10.2. The van der Waals surface area contributed by atoms with Gasteiger partial charge in [-0.15, -0.1) is 10.2 Å². The van der Waals surface area contributed by atoms with Gasteiger partial charge in [0.25, 0.3) is 0 Å². The Kier molecular flexibility index (Phi) is 4.03. The van der Waals surface area contributed by atoms with Gasteiger partial charge in [0.15, 0.2) is 0 Å². The molecular weight excluding hydrogens is 278 g/mol. The molecule has 0 aliphatic heterocycles. The predicted octanol–water partition coefficient (Wildman–Crippen LogP) is 1.52. The maximum Gasteiger partial charge on any atom is 0.340 e. The molecule has 0 spiro atoms. The molecule has 8 heteroatoms. The smallest absolute Gasteiger partial charge is 0.340 e. The zero-order chi connectivity index (χ0) is 14.9. The predicted molar refractivity (Wildman–Crippen MR) is 73.8 cm³/mol. The van der Waals surface area contributed by atoms with E-state index in [9.17, 15) is 9.90 Å². The minimum Gasteiger partial charge on any atom is -0.478 e. The molecule has 2 heterocycles. The topological polar surface area (TPSA) is 93.8 Å². The number of carbonyl (C=O) groups is 1. The van der Waals surface area contributed by atoms with Gasteiger partial charge in [-0.2, -0.15) is 0 Å². The standard InChI is InChI=1S/C12H15N5O2S/c1-6-10(12(18)19)11(14-7(2)13-6)20-5-9-16-15-8(3)17(9)4/h5H2,1-4H3,(H,18,19). The van der Waals surface area contributed by atoms with Crippen LogP contribution in [0.1, 0.15) is 33.5 Å². The van der Waals surface area contributed by atoms with E-state index in [4.69, 9.17) is 0 Å². The number of hydrogen-bond acceptors (Lipinski definition) is 6. The Morgan fingerprint density at radius 1 is 1.25 bits per heavy atom. The van der Waals surface area contributed by atoms with Gasteiger partial charge in [0.1, 0.15) is 28.1 Å². The minimum atomic E-state index is -1.01. The summed E-state index contributed by atoms with van der Waals surface area (Å²) in [7, 11) is 1.87. The average Bonchev–Trinajstić information content (AvgIpc) is 2.66. The van der Waals surface area contributed by atoms with Crippen LogP contribution in [0.15, 0.2) is 5.03 Å². The Hall–Kier alpha value is -1.96. The fraction of sp³-hybridized carbons (Fsp3) is 0.417. The summed E-state index contributed by atoms with van der Waals surface area (Å²) >= 11 is 1.33. The quantitative estimate of drug-likeness (QED) is 0.674. The molecule has 7 nitrogen and oxygen atoms in total. The first kappa shape index (κ1) is 14.4. The molecule has 2 aromatic heterocycles. The van der Waals surface area contributed by atoms with E-state index < -0.39 is 5.97 Å². The fourth-order valence-corrected chi connectivity index (χ4v) is 2.83. The van der Waals surface area contributed by atoms with E-state index in [-0.39, 0.29) is 5.56 Å². The van der Waals surface area contributed by atoms with Gasteiger partial charge in [0.2, 0.25) is 0 Å². The SMILES string of the molecule is Cc1nc(C)c(C(=O)O)c(SCc2nnc(C)n2C)n1. The van der Waals surface area contributed by atoms with Crippen LogP contribution in [0, 0.1) is 20.8 Å². The molecule has 0 aliphatic rings. The molecule has 20 heavy (non-hydrogen) atoms. The maximum absolute atomic E-state index is 11.3. The molecular formula is C12H15N5O2S. The molecule has 0 saturated carbocycles. The van der Waals surface area contributed by atoms with Crippen LogP contribution in [-0.2, 0) is 12.8 Å². The summed E-state index contributed by atoms with van der Waals surface area (Å²) in [5.74, 6) is 1.64. The highest BCUT2D eigenvalue weighted by atomic mass is 32.2. The van der Waals surface area contributed by atoms with E-state index in [2.05, 4.69) is 20.2 Å². The Balaban J connectivity index is 2.29. The zero-order valence-electron chi connectivity index (χ0n) is 11.7. The van der Waals surface area contributed by atoms with Crippen LogP contribution in [0.3, 0.4) is 0 Å². The average molecular weight is 293 g/mol. The van der Waals surface area contributed by atoms with Crippen LogP contribution in [0.2, 0.25) is 0 Å². The number of carboxylic acid groups (broad SMARTS) is 1. The fourth-order valence-electron chi connectivity index (χ4n) is 1.74. The van der Waals surface area contributed by atoms with E-state index in [1.54, 1.807) is 13.8 Å². The maximum atomic E-state index is 11.3. The first-order valence-corrected chi connectivity index (χ1v) is 6.95. The third-order valence-corrected chi connectivity index (χ3v) is 3.87. The van der Waals surface area contributed by atoms with Crippen LogP contribution < -0.4 is 0 Å². The second kappa shape index (κ2) is 5.58. The van der Waals surface area contributed by atoms with Gasteiger partial charge >= 0.3 is 5.97 Å². The van der Waals surface area contributed by atoms with E-state index in [1.807, 2.05) is 18.5 Å². The second-order valence-corrected chi connectivity index (χ2v) is 5.32. The molecule has 1 N–H and O–H groups in total. The molecule has 106 valence electrons. The molecule has 0 unspecified atom stereocenters. The van der Waals surface area contributed by atoms with Gasteiger partial charge in [0, 0.05) is 7.05 Å². The van der Waals surface area contributed by atoms with Gasteiger partial charge in [0.05, 0.1) is 11.4 Å². The summed E-state index contributed by atoms with van der Waals surface area (Å²) in [6.45, 7) is 5.28. The van der Waals surface area contributed by atoms with Crippen LogP contribution in [-0.4, -0.2) is 35.8 Å². The van der Waals surface area contributed by atoms with Crippen molar-refractivity contribution in [2.45, 2.75) is 31.6 Å². The minimum absolute atomic E-state index is 0.152. The second-order valence-electron chi connectivity index (χ2n) is 4.35. The third-order valence-electron chi connectivity index (χ3n) is 2.90. The Morgan fingerprint density at radius 3 is 2.50 bits per heavy atom. The lowest BCUT2D eigenvalue weighted by molar-refractivity contribution is 0.0690. The number of rotatable bonds is 4. The summed E-state index contributed by atoms with van der Waals surface area (Å²) in [5, 5.41) is 17.8. The molecule has 0 amide bonds. The summed E-state index contributed by atoms with van der Waals surface area (Å²) in [6.07, 6.45) is 0. The molecule has 0 radical (unpaired) electrons. The van der Waals surface area contributed by atoms with Crippen molar-refractivity contribution in [2.24, 2.45) is 7.05 Å². The van der Waals surface area contributed by atoms with Crippen molar-refractivity contribution in [3.05, 3.63) is 28.7 Å². The van der Waals surface area contributed by atoms with Crippen molar-refractivity contribution in [3.63, 3.8) is 0 Å². The van der Waals surface area contributed by atoms with Crippen LogP contribution in [0.5, 0.6) is 0 Å². The van der Waals surface area contributed by atoms with Gasteiger partial charge < -0.3 is 9.67 Å². The van der Waals surface area contributed by atoms with Crippen LogP contribution >= 0.6 is 11.8 Å². The summed E-state index contributed by atoms with van der Waals surface area (Å²) in [4.78, 5) is 19.6. The van der Waals surface area contributed by atoms with E-state index >= 15 is 0 Å². The van der Waals surface area contributed by atoms with Crippen molar-refractivity contribution < 1.29 is 9.90 Å². The van der Waals surface area contributed by atoms with E-state index in [0.717, 1.165) is 11.6 Å². The Labute approximate surface area is 120 Å². The molecule has 0 atom stereocenters. The Bertz CT molecular complexity index is 668. The lowest BCUT2D eigenvalue weighted by Crippen LogP contribution is -2.08. The molecule has 0 aromatic carbocycles. The largest absolute Gasteiger partial charge is 0.478 e. The van der Waals surface area contributed by atoms with E-state index in [1.165, 1.54) is 11.8 Å². The van der Waals surface area contributed by atoms with Crippen LogP contribution in [0.25, 0.3) is 0 Å². The monoisotopic (exact) mass is 293 g/mol. The number of thioether (sulfide) groups is 1.